The van der Waals surface area contributed by atoms with Gasteiger partial charge in [-0.3, -0.25) is 4.79 Å². The van der Waals surface area contributed by atoms with Gasteiger partial charge in [0.05, 0.1) is 22.1 Å². The van der Waals surface area contributed by atoms with E-state index in [4.69, 9.17) is 5.11 Å². The Morgan fingerprint density at radius 3 is 2.94 bits per heavy atom. The van der Waals surface area contributed by atoms with Gasteiger partial charge in [-0.1, -0.05) is 13.0 Å². The van der Waals surface area contributed by atoms with Crippen molar-refractivity contribution < 1.29 is 9.90 Å². The largest absolute Gasteiger partial charge is 0.394 e. The Morgan fingerprint density at radius 2 is 2.44 bits per heavy atom. The number of aliphatic hydroxyl groups is 1. The van der Waals surface area contributed by atoms with Crippen molar-refractivity contribution in [3.63, 3.8) is 0 Å². The smallest absolute Gasteiger partial charge is 0.230 e. The van der Waals surface area contributed by atoms with E-state index in [2.05, 4.69) is 5.32 Å². The monoisotopic (exact) mass is 259 g/mol. The van der Waals surface area contributed by atoms with Crippen molar-refractivity contribution in [2.45, 2.75) is 30.0 Å². The van der Waals surface area contributed by atoms with E-state index in [0.29, 0.717) is 5.75 Å². The molecule has 1 unspecified atom stereocenters. The van der Waals surface area contributed by atoms with Crippen LogP contribution in [0.3, 0.4) is 0 Å². The van der Waals surface area contributed by atoms with Gasteiger partial charge in [0, 0.05) is 0 Å². The van der Waals surface area contributed by atoms with Crippen molar-refractivity contribution in [3.8, 4) is 0 Å². The van der Waals surface area contributed by atoms with Crippen LogP contribution in [0.2, 0.25) is 0 Å². The summed E-state index contributed by atoms with van der Waals surface area (Å²) in [4.78, 5) is 11.6. The van der Waals surface area contributed by atoms with Crippen LogP contribution in [0.25, 0.3) is 0 Å². The molecule has 1 rings (SSSR count). The zero-order chi connectivity index (χ0) is 12.0. The maximum absolute atomic E-state index is 11.6. The first-order valence-electron chi connectivity index (χ1n) is 5.18. The first-order valence-corrected chi connectivity index (χ1v) is 7.04. The number of carbonyl (C=O) groups is 1. The standard InChI is InChI=1S/C11H17NO2S2/c1-3-11(2,8-13)12-9(14)7-16-10-5-4-6-15-10/h4-6,13H,3,7-8H2,1-2H3,(H,12,14). The van der Waals surface area contributed by atoms with E-state index < -0.39 is 5.54 Å². The molecule has 1 heterocycles. The fraction of sp³-hybridized carbons (Fsp3) is 0.545. The van der Waals surface area contributed by atoms with Crippen molar-refractivity contribution in [2.24, 2.45) is 0 Å². The van der Waals surface area contributed by atoms with E-state index in [9.17, 15) is 4.79 Å². The molecular weight excluding hydrogens is 242 g/mol. The molecule has 3 nitrogen and oxygen atoms in total. The second kappa shape index (κ2) is 6.27. The number of hydrogen-bond acceptors (Lipinski definition) is 4. The summed E-state index contributed by atoms with van der Waals surface area (Å²) < 4.78 is 1.14. The maximum atomic E-state index is 11.6. The van der Waals surface area contributed by atoms with E-state index in [-0.39, 0.29) is 12.5 Å². The van der Waals surface area contributed by atoms with Crippen LogP contribution < -0.4 is 5.32 Å². The zero-order valence-electron chi connectivity index (χ0n) is 9.53. The van der Waals surface area contributed by atoms with Crippen LogP contribution >= 0.6 is 23.1 Å². The highest BCUT2D eigenvalue weighted by Crippen LogP contribution is 2.23. The lowest BCUT2D eigenvalue weighted by Gasteiger charge is -2.27. The number of hydrogen-bond donors (Lipinski definition) is 2. The molecule has 0 saturated heterocycles. The summed E-state index contributed by atoms with van der Waals surface area (Å²) in [5.74, 6) is 0.368. The summed E-state index contributed by atoms with van der Waals surface area (Å²) in [6, 6.07) is 3.96. The minimum atomic E-state index is -0.493. The summed E-state index contributed by atoms with van der Waals surface area (Å²) in [6.07, 6.45) is 0.721. The number of carbonyl (C=O) groups excluding carboxylic acids is 1. The lowest BCUT2D eigenvalue weighted by Crippen LogP contribution is -2.49. The van der Waals surface area contributed by atoms with Crippen molar-refractivity contribution in [2.75, 3.05) is 12.4 Å². The molecule has 0 aromatic carbocycles. The average Bonchev–Trinajstić information content (AvgIpc) is 2.79. The molecule has 1 atom stereocenters. The lowest BCUT2D eigenvalue weighted by molar-refractivity contribution is -0.120. The molecule has 2 N–H and O–H groups in total. The average molecular weight is 259 g/mol. The highest BCUT2D eigenvalue weighted by atomic mass is 32.2. The summed E-state index contributed by atoms with van der Waals surface area (Å²) in [5.41, 5.74) is -0.493. The second-order valence-corrected chi connectivity index (χ2v) is 6.06. The van der Waals surface area contributed by atoms with Crippen LogP contribution in [-0.4, -0.2) is 28.9 Å². The van der Waals surface area contributed by atoms with Crippen LogP contribution in [0, 0.1) is 0 Å². The van der Waals surface area contributed by atoms with Crippen molar-refractivity contribution >= 4 is 29.0 Å². The van der Waals surface area contributed by atoms with Gasteiger partial charge in [-0.05, 0) is 24.8 Å². The van der Waals surface area contributed by atoms with Gasteiger partial charge in [-0.25, -0.2) is 0 Å². The zero-order valence-corrected chi connectivity index (χ0v) is 11.2. The van der Waals surface area contributed by atoms with Crippen LogP contribution in [0.15, 0.2) is 21.7 Å². The highest BCUT2D eigenvalue weighted by molar-refractivity contribution is 8.01. The maximum Gasteiger partial charge on any atom is 0.230 e. The Bertz CT molecular complexity index is 321. The van der Waals surface area contributed by atoms with Crippen molar-refractivity contribution in [3.05, 3.63) is 17.5 Å². The number of rotatable bonds is 6. The Hall–Kier alpha value is -0.520. The van der Waals surface area contributed by atoms with Crippen LogP contribution in [0.1, 0.15) is 20.3 Å². The quantitative estimate of drug-likeness (QED) is 0.769. The Labute approximate surface area is 104 Å². The normalized spacial score (nSPS) is 14.4. The molecule has 90 valence electrons. The van der Waals surface area contributed by atoms with Gasteiger partial charge in [0.1, 0.15) is 0 Å². The molecule has 1 amide bonds. The molecule has 0 saturated carbocycles. The molecule has 16 heavy (non-hydrogen) atoms. The minimum absolute atomic E-state index is 0.0289. The van der Waals surface area contributed by atoms with Gasteiger partial charge in [-0.15, -0.1) is 23.1 Å². The molecule has 1 aromatic heterocycles. The third-order valence-corrected chi connectivity index (χ3v) is 4.54. The number of thioether (sulfide) groups is 1. The summed E-state index contributed by atoms with van der Waals surface area (Å²) in [5, 5.41) is 14.0. The van der Waals surface area contributed by atoms with Gasteiger partial charge < -0.3 is 10.4 Å². The second-order valence-electron chi connectivity index (χ2n) is 3.84. The van der Waals surface area contributed by atoms with Crippen molar-refractivity contribution in [1.82, 2.24) is 5.32 Å². The number of nitrogens with one attached hydrogen (secondary N) is 1. The summed E-state index contributed by atoms with van der Waals surface area (Å²) >= 11 is 3.15. The third kappa shape index (κ3) is 4.15. The number of amides is 1. The Morgan fingerprint density at radius 1 is 1.69 bits per heavy atom. The molecule has 0 aliphatic heterocycles. The van der Waals surface area contributed by atoms with E-state index in [1.165, 1.54) is 11.8 Å². The topological polar surface area (TPSA) is 49.3 Å². The van der Waals surface area contributed by atoms with E-state index in [1.807, 2.05) is 31.4 Å². The highest BCUT2D eigenvalue weighted by Gasteiger charge is 2.22. The summed E-state index contributed by atoms with van der Waals surface area (Å²) in [7, 11) is 0. The molecule has 0 aliphatic rings. The van der Waals surface area contributed by atoms with E-state index in [0.717, 1.165) is 10.6 Å². The Balaban J connectivity index is 2.36. The SMILES string of the molecule is CCC(C)(CO)NC(=O)CSc1cccs1. The molecule has 5 heteroatoms. The van der Waals surface area contributed by atoms with Crippen LogP contribution in [0.4, 0.5) is 0 Å². The first-order chi connectivity index (χ1) is 7.59. The molecule has 0 fully saturated rings. The lowest BCUT2D eigenvalue weighted by atomic mass is 10.0. The Kier molecular flexibility index (Phi) is 5.31. The van der Waals surface area contributed by atoms with Crippen molar-refractivity contribution in [1.29, 1.82) is 0 Å². The molecule has 0 spiro atoms. The molecular formula is C11H17NO2S2. The van der Waals surface area contributed by atoms with Gasteiger partial charge in [-0.2, -0.15) is 0 Å². The fourth-order valence-corrected chi connectivity index (χ4v) is 2.68. The van der Waals surface area contributed by atoms with Crippen LogP contribution in [-0.2, 0) is 4.79 Å². The van der Waals surface area contributed by atoms with Gasteiger partial charge >= 0.3 is 0 Å². The number of aliphatic hydroxyl groups excluding tert-OH is 1. The molecule has 1 aromatic rings. The molecule has 0 aliphatic carbocycles. The first kappa shape index (κ1) is 13.5. The van der Waals surface area contributed by atoms with Gasteiger partial charge in [0.15, 0.2) is 0 Å². The van der Waals surface area contributed by atoms with Gasteiger partial charge in [0.2, 0.25) is 5.91 Å². The third-order valence-electron chi connectivity index (χ3n) is 2.41. The minimum Gasteiger partial charge on any atom is -0.394 e. The van der Waals surface area contributed by atoms with E-state index >= 15 is 0 Å². The molecule has 0 bridgehead atoms. The van der Waals surface area contributed by atoms with Crippen LogP contribution in [0.5, 0.6) is 0 Å². The molecule has 0 radical (unpaired) electrons. The fourth-order valence-electron chi connectivity index (χ4n) is 1.09. The summed E-state index contributed by atoms with van der Waals surface area (Å²) in [6.45, 7) is 3.77. The van der Waals surface area contributed by atoms with Gasteiger partial charge in [0.25, 0.3) is 0 Å². The predicted octanol–water partition coefficient (Wildman–Crippen LogP) is 2.12. The number of thiophene rings is 1. The predicted molar refractivity (Wildman–Crippen MR) is 69.0 cm³/mol. The van der Waals surface area contributed by atoms with E-state index in [1.54, 1.807) is 11.3 Å².